The summed E-state index contributed by atoms with van der Waals surface area (Å²) in [5.41, 5.74) is 3.40. The highest BCUT2D eigenvalue weighted by Crippen LogP contribution is 2.23. The van der Waals surface area contributed by atoms with Gasteiger partial charge in [-0.1, -0.05) is 36.2 Å². The van der Waals surface area contributed by atoms with Crippen LogP contribution in [0.3, 0.4) is 0 Å². The van der Waals surface area contributed by atoms with Crippen molar-refractivity contribution in [2.24, 2.45) is 11.8 Å². The van der Waals surface area contributed by atoms with Crippen molar-refractivity contribution < 1.29 is 14.7 Å². The quantitative estimate of drug-likeness (QED) is 0.899. The van der Waals surface area contributed by atoms with Crippen LogP contribution in [0.15, 0.2) is 18.2 Å². The Morgan fingerprint density at radius 1 is 1.22 bits per heavy atom. The predicted octanol–water partition coefficient (Wildman–Crippen LogP) is 3.12. The molecule has 0 bridgehead atoms. The molecule has 1 aliphatic heterocycles. The molecule has 2 N–H and O–H groups in total. The van der Waals surface area contributed by atoms with Gasteiger partial charge in [-0.3, -0.25) is 4.79 Å². The number of urea groups is 1. The smallest absolute Gasteiger partial charge is 0.317 e. The normalized spacial score (nSPS) is 22.5. The van der Waals surface area contributed by atoms with Crippen LogP contribution in [0.5, 0.6) is 0 Å². The fourth-order valence-corrected chi connectivity index (χ4v) is 3.32. The van der Waals surface area contributed by atoms with Gasteiger partial charge in [-0.25, -0.2) is 4.79 Å². The summed E-state index contributed by atoms with van der Waals surface area (Å²) in [6, 6.07) is 5.94. The van der Waals surface area contributed by atoms with Crippen LogP contribution in [0.25, 0.3) is 0 Å². The number of rotatable bonds is 3. The zero-order valence-electron chi connectivity index (χ0n) is 14.3. The third kappa shape index (κ3) is 4.47. The number of carboxylic acids is 1. The van der Waals surface area contributed by atoms with Crippen LogP contribution in [-0.4, -0.2) is 35.1 Å². The van der Waals surface area contributed by atoms with E-state index in [1.54, 1.807) is 4.90 Å². The van der Waals surface area contributed by atoms with E-state index in [9.17, 15) is 14.7 Å². The maximum atomic E-state index is 12.5. The number of carbonyl (C=O) groups is 2. The van der Waals surface area contributed by atoms with Crippen LogP contribution in [0.1, 0.15) is 43.0 Å². The molecule has 1 heterocycles. The number of hydrogen-bond donors (Lipinski definition) is 2. The lowest BCUT2D eigenvalue weighted by Gasteiger charge is -2.35. The first-order valence-corrected chi connectivity index (χ1v) is 8.12. The van der Waals surface area contributed by atoms with Gasteiger partial charge in [-0.2, -0.15) is 0 Å². The minimum absolute atomic E-state index is 0.110. The lowest BCUT2D eigenvalue weighted by Crippen LogP contribution is -2.49. The largest absolute Gasteiger partial charge is 0.481 e. The first-order chi connectivity index (χ1) is 10.8. The van der Waals surface area contributed by atoms with Gasteiger partial charge < -0.3 is 15.3 Å². The molecule has 23 heavy (non-hydrogen) atoms. The lowest BCUT2D eigenvalue weighted by atomic mass is 9.91. The molecule has 0 aliphatic carbocycles. The summed E-state index contributed by atoms with van der Waals surface area (Å²) in [5.74, 6) is -1.09. The van der Waals surface area contributed by atoms with Gasteiger partial charge in [0.25, 0.3) is 0 Å². The number of nitrogens with one attached hydrogen (secondary N) is 1. The number of carbonyl (C=O) groups excluding carboxylic acids is 1. The SMILES string of the molecule is Cc1cc(C)cc(C(C)NC(=O)N2CC(C)CC(C(=O)O)C2)c1. The standard InChI is InChI=1S/C18H26N2O3/c1-11-5-12(2)7-15(6-11)14(4)19-18(23)20-9-13(3)8-16(10-20)17(21)22/h5-7,13-14,16H,8-10H2,1-4H3,(H,19,23)(H,21,22). The van der Waals surface area contributed by atoms with Gasteiger partial charge in [-0.05, 0) is 38.7 Å². The first-order valence-electron chi connectivity index (χ1n) is 8.12. The number of aliphatic carboxylic acids is 1. The molecule has 1 saturated heterocycles. The van der Waals surface area contributed by atoms with Gasteiger partial charge in [0.2, 0.25) is 0 Å². The highest BCUT2D eigenvalue weighted by molar-refractivity contribution is 5.77. The third-order valence-electron chi connectivity index (χ3n) is 4.38. The van der Waals surface area contributed by atoms with Crippen molar-refractivity contribution in [1.29, 1.82) is 0 Å². The van der Waals surface area contributed by atoms with E-state index < -0.39 is 11.9 Å². The zero-order valence-corrected chi connectivity index (χ0v) is 14.3. The fourth-order valence-electron chi connectivity index (χ4n) is 3.32. The molecule has 0 saturated carbocycles. The van der Waals surface area contributed by atoms with E-state index in [1.165, 1.54) is 11.1 Å². The molecule has 1 aromatic carbocycles. The Morgan fingerprint density at radius 3 is 2.39 bits per heavy atom. The Kier molecular flexibility index (Phi) is 5.29. The number of nitrogens with zero attached hydrogens (tertiary/aromatic N) is 1. The van der Waals surface area contributed by atoms with Crippen LogP contribution in [0, 0.1) is 25.7 Å². The molecule has 0 radical (unpaired) electrons. The van der Waals surface area contributed by atoms with Crippen molar-refractivity contribution in [3.63, 3.8) is 0 Å². The van der Waals surface area contributed by atoms with E-state index in [0.717, 1.165) is 5.56 Å². The van der Waals surface area contributed by atoms with Crippen LogP contribution >= 0.6 is 0 Å². The van der Waals surface area contributed by atoms with Crippen LogP contribution < -0.4 is 5.32 Å². The van der Waals surface area contributed by atoms with Gasteiger partial charge >= 0.3 is 12.0 Å². The molecule has 5 heteroatoms. The molecular weight excluding hydrogens is 292 g/mol. The first kappa shape index (κ1) is 17.3. The Labute approximate surface area is 137 Å². The summed E-state index contributed by atoms with van der Waals surface area (Å²) >= 11 is 0. The predicted molar refractivity (Wildman–Crippen MR) is 89.3 cm³/mol. The molecule has 5 nitrogen and oxygen atoms in total. The van der Waals surface area contributed by atoms with Crippen molar-refractivity contribution >= 4 is 12.0 Å². The van der Waals surface area contributed by atoms with Crippen molar-refractivity contribution in [2.45, 2.75) is 40.2 Å². The Balaban J connectivity index is 2.04. The van der Waals surface area contributed by atoms with Gasteiger partial charge in [0.05, 0.1) is 12.0 Å². The number of hydrogen-bond acceptors (Lipinski definition) is 2. The second kappa shape index (κ2) is 7.02. The van der Waals surface area contributed by atoms with Crippen molar-refractivity contribution in [3.05, 3.63) is 34.9 Å². The van der Waals surface area contributed by atoms with Crippen LogP contribution in [0.2, 0.25) is 0 Å². The van der Waals surface area contributed by atoms with Crippen LogP contribution in [0.4, 0.5) is 4.79 Å². The average Bonchev–Trinajstić information content (AvgIpc) is 2.45. The summed E-state index contributed by atoms with van der Waals surface area (Å²) in [6.07, 6.45) is 0.631. The second-order valence-electron chi connectivity index (χ2n) is 6.87. The Morgan fingerprint density at radius 2 is 1.83 bits per heavy atom. The maximum Gasteiger partial charge on any atom is 0.317 e. The van der Waals surface area contributed by atoms with E-state index in [-0.39, 0.29) is 24.5 Å². The molecule has 126 valence electrons. The number of carboxylic acid groups (broad SMARTS) is 1. The van der Waals surface area contributed by atoms with Gasteiger partial charge in [0, 0.05) is 13.1 Å². The zero-order chi connectivity index (χ0) is 17.1. The van der Waals surface area contributed by atoms with Crippen molar-refractivity contribution in [1.82, 2.24) is 10.2 Å². The second-order valence-corrected chi connectivity index (χ2v) is 6.87. The van der Waals surface area contributed by atoms with E-state index >= 15 is 0 Å². The highest BCUT2D eigenvalue weighted by Gasteiger charge is 2.32. The van der Waals surface area contributed by atoms with Crippen molar-refractivity contribution in [2.75, 3.05) is 13.1 Å². The summed E-state index contributed by atoms with van der Waals surface area (Å²) < 4.78 is 0. The van der Waals surface area contributed by atoms with Crippen molar-refractivity contribution in [3.8, 4) is 0 Å². The number of piperidine rings is 1. The average molecular weight is 318 g/mol. The topological polar surface area (TPSA) is 69.6 Å². The Hall–Kier alpha value is -2.04. The third-order valence-corrected chi connectivity index (χ3v) is 4.38. The molecule has 1 aromatic rings. The lowest BCUT2D eigenvalue weighted by molar-refractivity contribution is -0.143. The minimum Gasteiger partial charge on any atom is -0.481 e. The fraction of sp³-hybridized carbons (Fsp3) is 0.556. The molecular formula is C18H26N2O3. The van der Waals surface area contributed by atoms with E-state index in [4.69, 9.17) is 0 Å². The van der Waals surface area contributed by atoms with Crippen LogP contribution in [-0.2, 0) is 4.79 Å². The van der Waals surface area contributed by atoms with Gasteiger partial charge in [-0.15, -0.1) is 0 Å². The summed E-state index contributed by atoms with van der Waals surface area (Å²) in [7, 11) is 0. The number of likely N-dealkylation sites (tertiary alicyclic amines) is 1. The maximum absolute atomic E-state index is 12.5. The molecule has 3 atom stereocenters. The molecule has 3 unspecified atom stereocenters. The molecule has 2 amide bonds. The summed E-state index contributed by atoms with van der Waals surface area (Å²) in [6.45, 7) is 8.90. The highest BCUT2D eigenvalue weighted by atomic mass is 16.4. The molecule has 0 aromatic heterocycles. The molecule has 1 aliphatic rings. The molecule has 0 spiro atoms. The number of benzene rings is 1. The van der Waals surface area contributed by atoms with Gasteiger partial charge in [0.15, 0.2) is 0 Å². The molecule has 1 fully saturated rings. The summed E-state index contributed by atoms with van der Waals surface area (Å²) in [4.78, 5) is 25.3. The molecule has 2 rings (SSSR count). The van der Waals surface area contributed by atoms with E-state index in [1.807, 2.05) is 27.7 Å². The summed E-state index contributed by atoms with van der Waals surface area (Å²) in [5, 5.41) is 12.2. The van der Waals surface area contributed by atoms with Gasteiger partial charge in [0.1, 0.15) is 0 Å². The van der Waals surface area contributed by atoms with E-state index in [2.05, 4.69) is 23.5 Å². The Bertz CT molecular complexity index is 580. The minimum atomic E-state index is -0.822. The van der Waals surface area contributed by atoms with E-state index in [0.29, 0.717) is 13.0 Å². The monoisotopic (exact) mass is 318 g/mol. The number of amides is 2. The number of aryl methyl sites for hydroxylation is 2.